The van der Waals surface area contributed by atoms with Crippen LogP contribution < -0.4 is 20.3 Å². The fourth-order valence-corrected chi connectivity index (χ4v) is 8.13. The molecule has 2 fully saturated rings. The summed E-state index contributed by atoms with van der Waals surface area (Å²) >= 11 is 0. The number of aromatic amines is 1. The van der Waals surface area contributed by atoms with Crippen molar-refractivity contribution in [2.45, 2.75) is 82.7 Å². The van der Waals surface area contributed by atoms with E-state index in [4.69, 9.17) is 23.5 Å². The van der Waals surface area contributed by atoms with Crippen molar-refractivity contribution in [2.24, 2.45) is 5.92 Å². The van der Waals surface area contributed by atoms with E-state index in [1.165, 1.54) is 41.3 Å². The summed E-state index contributed by atoms with van der Waals surface area (Å²) in [5.74, 6) is -3.69. The minimum atomic E-state index is -1.69. The Morgan fingerprint density at radius 2 is 1.70 bits per heavy atom. The summed E-state index contributed by atoms with van der Waals surface area (Å²) in [6.07, 6.45) is 2.17. The van der Waals surface area contributed by atoms with Gasteiger partial charge in [-0.3, -0.25) is 14.4 Å². The van der Waals surface area contributed by atoms with Gasteiger partial charge in [-0.25, -0.2) is 0 Å². The van der Waals surface area contributed by atoms with Crippen LogP contribution in [0.15, 0.2) is 94.6 Å². The Morgan fingerprint density at radius 3 is 2.43 bits per heavy atom. The van der Waals surface area contributed by atoms with Gasteiger partial charge in [0.1, 0.15) is 54.0 Å². The van der Waals surface area contributed by atoms with E-state index in [0.29, 0.717) is 11.3 Å². The smallest absolute Gasteiger partial charge is 0.321 e. The number of aliphatic carboxylic acids is 1. The third-order valence-electron chi connectivity index (χ3n) is 11.2. The summed E-state index contributed by atoms with van der Waals surface area (Å²) < 4.78 is 25.4. The number of rotatable bonds is 13. The van der Waals surface area contributed by atoms with Gasteiger partial charge < -0.3 is 54.2 Å². The summed E-state index contributed by atoms with van der Waals surface area (Å²) in [6, 6.07) is 18.7. The van der Waals surface area contributed by atoms with Crippen LogP contribution in [0.3, 0.4) is 0 Å². The molecule has 4 heterocycles. The van der Waals surface area contributed by atoms with E-state index in [9.17, 15) is 34.8 Å². The molecule has 314 valence electrons. The lowest BCUT2D eigenvalue weighted by molar-refractivity contribution is -0.288. The average Bonchev–Trinajstić information content (AvgIpc) is 3.82. The highest BCUT2D eigenvalue weighted by molar-refractivity contribution is 5.94. The van der Waals surface area contributed by atoms with Gasteiger partial charge in [-0.15, -0.1) is 0 Å². The molecule has 2 aliphatic rings. The first-order valence-corrected chi connectivity index (χ1v) is 20.0. The van der Waals surface area contributed by atoms with Crippen molar-refractivity contribution >= 4 is 33.8 Å². The van der Waals surface area contributed by atoms with E-state index in [1.54, 1.807) is 24.5 Å². The molecule has 0 spiro atoms. The van der Waals surface area contributed by atoms with E-state index < -0.39 is 55.2 Å². The zero-order valence-electron chi connectivity index (χ0n) is 33.1. The number of aliphatic hydroxyl groups is 2. The summed E-state index contributed by atoms with van der Waals surface area (Å²) in [5.41, 5.74) is 4.94. The number of aromatic nitrogens is 2. The molecule has 0 unspecified atom stereocenters. The lowest BCUT2D eigenvalue weighted by Gasteiger charge is -2.41. The van der Waals surface area contributed by atoms with Crippen LogP contribution in [0, 0.1) is 19.8 Å². The van der Waals surface area contributed by atoms with Crippen LogP contribution >= 0.6 is 0 Å². The van der Waals surface area contributed by atoms with Crippen LogP contribution in [-0.2, 0) is 19.1 Å². The second-order valence-corrected chi connectivity index (χ2v) is 15.6. The Labute approximate surface area is 344 Å². The zero-order chi connectivity index (χ0) is 42.1. The number of esters is 1. The van der Waals surface area contributed by atoms with Crippen LogP contribution in [-0.4, -0.2) is 92.0 Å². The highest BCUT2D eigenvalue weighted by atomic mass is 16.8. The predicted molar refractivity (Wildman–Crippen MR) is 219 cm³/mol. The van der Waals surface area contributed by atoms with Crippen LogP contribution in [0.2, 0.25) is 0 Å². The van der Waals surface area contributed by atoms with Gasteiger partial charge in [0.25, 0.3) is 0 Å². The van der Waals surface area contributed by atoms with Gasteiger partial charge in [-0.05, 0) is 74.7 Å². The maximum atomic E-state index is 13.5. The minimum Gasteiger partial charge on any atom is -0.508 e. The van der Waals surface area contributed by atoms with Gasteiger partial charge in [-0.2, -0.15) is 4.73 Å². The third-order valence-corrected chi connectivity index (χ3v) is 11.2. The van der Waals surface area contributed by atoms with Crippen molar-refractivity contribution in [3.8, 4) is 33.9 Å². The first-order chi connectivity index (χ1) is 28.9. The molecule has 1 aliphatic carbocycles. The van der Waals surface area contributed by atoms with Crippen molar-refractivity contribution in [1.82, 2.24) is 15.0 Å². The normalized spacial score (nSPS) is 21.5. The molecule has 1 aliphatic heterocycles. The molecule has 15 heteroatoms. The van der Waals surface area contributed by atoms with E-state index in [2.05, 4.69) is 10.3 Å². The molecule has 0 radical (unpaired) electrons. The number of benzene rings is 3. The van der Waals surface area contributed by atoms with Crippen molar-refractivity contribution in [1.29, 1.82) is 0 Å². The number of aromatic hydroxyl groups is 1. The van der Waals surface area contributed by atoms with Crippen molar-refractivity contribution in [3.05, 3.63) is 107 Å². The van der Waals surface area contributed by atoms with E-state index >= 15 is 0 Å². The summed E-state index contributed by atoms with van der Waals surface area (Å²) in [4.78, 5) is 48.6. The average molecular weight is 822 g/mol. The van der Waals surface area contributed by atoms with Gasteiger partial charge in [0.2, 0.25) is 12.4 Å². The molecular formula is C45H47N3O12. The number of carboxylic acid groups (broad SMARTS) is 1. The molecular weight excluding hydrogens is 775 g/mol. The number of aliphatic hydroxyl groups excluding tert-OH is 2. The van der Waals surface area contributed by atoms with Crippen molar-refractivity contribution in [2.75, 3.05) is 13.2 Å². The molecule has 3 aromatic heterocycles. The van der Waals surface area contributed by atoms with Gasteiger partial charge in [0.15, 0.2) is 11.3 Å². The Kier molecular flexibility index (Phi) is 11.7. The number of phenolic OH excluding ortho intramolecular Hbond substituents is 1. The van der Waals surface area contributed by atoms with Gasteiger partial charge >= 0.3 is 11.9 Å². The molecule has 6 atom stereocenters. The van der Waals surface area contributed by atoms with Gasteiger partial charge in [0, 0.05) is 35.8 Å². The fraction of sp³-hybridized carbons (Fsp3) is 0.356. The highest BCUT2D eigenvalue weighted by Crippen LogP contribution is 2.34. The first-order valence-electron chi connectivity index (χ1n) is 20.0. The number of ether oxygens (including phenoxy) is 3. The highest BCUT2D eigenvalue weighted by Gasteiger charge is 2.49. The lowest BCUT2D eigenvalue weighted by Crippen LogP contribution is -2.63. The number of carboxylic acids is 1. The molecule has 1 saturated carbocycles. The van der Waals surface area contributed by atoms with E-state index in [-0.39, 0.29) is 46.0 Å². The number of phenols is 1. The number of H-pyrrole nitrogens is 1. The molecule has 15 nitrogen and oxygen atoms in total. The number of nitrogens with one attached hydrogen (secondary N) is 2. The van der Waals surface area contributed by atoms with Gasteiger partial charge in [0.05, 0.1) is 22.7 Å². The summed E-state index contributed by atoms with van der Waals surface area (Å²) in [6.45, 7) is 3.23. The van der Waals surface area contributed by atoms with Crippen LogP contribution in [0.25, 0.3) is 44.3 Å². The second-order valence-electron chi connectivity index (χ2n) is 15.6. The number of carbonyl (C=O) groups excluding carboxylic acids is 1. The first kappa shape index (κ1) is 40.6. The number of carbonyl (C=O) groups is 2. The van der Waals surface area contributed by atoms with Crippen molar-refractivity contribution in [3.63, 3.8) is 0 Å². The Hall–Kier alpha value is -6.13. The third kappa shape index (κ3) is 8.47. The van der Waals surface area contributed by atoms with Crippen LogP contribution in [0.4, 0.5) is 0 Å². The molecule has 60 heavy (non-hydrogen) atoms. The summed E-state index contributed by atoms with van der Waals surface area (Å²) in [5, 5.41) is 47.1. The molecule has 1 saturated heterocycles. The maximum Gasteiger partial charge on any atom is 0.321 e. The number of hydrogen-bond acceptors (Lipinski definition) is 12. The zero-order valence-corrected chi connectivity index (χ0v) is 33.1. The predicted octanol–water partition coefficient (Wildman–Crippen LogP) is 5.22. The minimum absolute atomic E-state index is 0.0541. The molecule has 3 aromatic carbocycles. The van der Waals surface area contributed by atoms with Gasteiger partial charge in [-0.1, -0.05) is 48.6 Å². The van der Waals surface area contributed by atoms with Crippen LogP contribution in [0.1, 0.15) is 43.2 Å². The number of fused-ring (bicyclic) bond motifs is 2. The quantitative estimate of drug-likeness (QED) is 0.0652. The largest absolute Gasteiger partial charge is 0.508 e. The SMILES string of the molecule is Cc1cc(C)cc(-c2c3[nH]ccc3cn2O[C@@H]2[C@@H](Oc3ccc4c(=O)c(-c5ccc(O)cc5)coc4c3)O[C@@H](COC(=O)[C@@H](CNC3CCCCC3)C(=O)O)[C@H](O)[C@H]2O)c1. The monoisotopic (exact) mass is 821 g/mol. The standard InChI is InChI=1S/C45H47N3O12/c1-24-16-25(2)18-28(17-24)38-37-27(14-15-46-37)21-48(38)60-42-41(52)40(51)36(23-57-44(55)33(43(53)54)20-47-29-6-4-3-5-7-29)59-45(42)58-31-12-13-32-35(19-31)56-22-34(39(32)50)26-8-10-30(49)11-9-26/h8-19,21-22,29,33,36,40-42,45-47,49,51-52H,3-7,20,23H2,1-2H3,(H,53,54)/t33-,36-,40-,41+,42-,45-/m0/s1. The van der Waals surface area contributed by atoms with Crippen LogP contribution in [0.5, 0.6) is 11.5 Å². The Morgan fingerprint density at radius 1 is 0.950 bits per heavy atom. The fourth-order valence-electron chi connectivity index (χ4n) is 8.13. The molecule has 0 amide bonds. The Balaban J connectivity index is 1.08. The maximum absolute atomic E-state index is 13.5. The summed E-state index contributed by atoms with van der Waals surface area (Å²) in [7, 11) is 0. The topological polar surface area (TPSA) is 215 Å². The second kappa shape index (κ2) is 17.2. The molecule has 0 bridgehead atoms. The van der Waals surface area contributed by atoms with E-state index in [0.717, 1.165) is 59.7 Å². The van der Waals surface area contributed by atoms with E-state index in [1.807, 2.05) is 38.1 Å². The number of hydrogen-bond donors (Lipinski definition) is 6. The number of aryl methyl sites for hydroxylation is 2. The van der Waals surface area contributed by atoms with Crippen molar-refractivity contribution < 1.29 is 53.5 Å². The molecule has 8 rings (SSSR count). The molecule has 6 aromatic rings. The Bertz CT molecular complexity index is 2530. The number of nitrogens with zero attached hydrogens (tertiary/aromatic N) is 1. The molecule has 6 N–H and O–H groups in total. The lowest BCUT2D eigenvalue weighted by atomic mass is 9.95.